The molecule has 5 heteroatoms. The monoisotopic (exact) mass is 408 g/mol. The molecular formula is C25H32N2O3. The topological polar surface area (TPSA) is 75.8 Å². The molecule has 0 spiro atoms. The quantitative estimate of drug-likeness (QED) is 0.462. The van der Waals surface area contributed by atoms with Crippen molar-refractivity contribution in [2.75, 3.05) is 17.2 Å². The zero-order valence-electron chi connectivity index (χ0n) is 18.1. The van der Waals surface area contributed by atoms with Crippen LogP contribution in [-0.2, 0) is 16.0 Å². The van der Waals surface area contributed by atoms with Crippen LogP contribution in [0.5, 0.6) is 0 Å². The number of nitrogens with zero attached hydrogens (tertiary/aromatic N) is 1. The highest BCUT2D eigenvalue weighted by Crippen LogP contribution is 2.40. The van der Waals surface area contributed by atoms with Gasteiger partial charge in [-0.25, -0.2) is 4.79 Å². The molecule has 1 aliphatic heterocycles. The summed E-state index contributed by atoms with van der Waals surface area (Å²) in [5.74, 6) is -0.285. The van der Waals surface area contributed by atoms with Crippen LogP contribution in [0.3, 0.4) is 0 Å². The van der Waals surface area contributed by atoms with Crippen LogP contribution >= 0.6 is 0 Å². The zero-order chi connectivity index (χ0) is 21.7. The molecule has 30 heavy (non-hydrogen) atoms. The van der Waals surface area contributed by atoms with Crippen molar-refractivity contribution in [3.63, 3.8) is 0 Å². The average Bonchev–Trinajstić information content (AvgIpc) is 2.73. The standard InChI is InChI=1S/C25H32N2O3/c1-4-16-27(21-8-6-5-7-9-21)23-22(28)17-25(18(2)3,30-24(23)29)15-14-19-10-12-20(26)13-11-19/h5-13,18,28H,4,14-17,26H2,1-3H3. The number of rotatable bonds is 8. The maximum absolute atomic E-state index is 13.2. The predicted octanol–water partition coefficient (Wildman–Crippen LogP) is 5.23. The lowest BCUT2D eigenvalue weighted by molar-refractivity contribution is -0.166. The van der Waals surface area contributed by atoms with Gasteiger partial charge >= 0.3 is 5.97 Å². The zero-order valence-corrected chi connectivity index (χ0v) is 18.1. The van der Waals surface area contributed by atoms with E-state index >= 15 is 0 Å². The van der Waals surface area contributed by atoms with Gasteiger partial charge in [0.25, 0.3) is 0 Å². The molecule has 0 radical (unpaired) electrons. The molecule has 0 aliphatic carbocycles. The summed E-state index contributed by atoms with van der Waals surface area (Å²) in [4.78, 5) is 15.0. The average molecular weight is 409 g/mol. The number of nitrogen functional groups attached to an aromatic ring is 1. The Morgan fingerprint density at radius 1 is 1.13 bits per heavy atom. The molecular weight excluding hydrogens is 376 g/mol. The van der Waals surface area contributed by atoms with Crippen LogP contribution in [0.4, 0.5) is 11.4 Å². The van der Waals surface area contributed by atoms with Gasteiger partial charge in [-0.1, -0.05) is 51.1 Å². The van der Waals surface area contributed by atoms with Gasteiger partial charge in [0, 0.05) is 24.3 Å². The largest absolute Gasteiger partial charge is 0.510 e. The number of hydrogen-bond donors (Lipinski definition) is 2. The second-order valence-corrected chi connectivity index (χ2v) is 8.31. The van der Waals surface area contributed by atoms with Crippen molar-refractivity contribution in [2.24, 2.45) is 5.92 Å². The Kier molecular flexibility index (Phi) is 6.70. The smallest absolute Gasteiger partial charge is 0.359 e. The van der Waals surface area contributed by atoms with Gasteiger partial charge in [-0.2, -0.15) is 0 Å². The van der Waals surface area contributed by atoms with Crippen LogP contribution in [0.25, 0.3) is 0 Å². The molecule has 0 fully saturated rings. The highest BCUT2D eigenvalue weighted by atomic mass is 16.6. The first kappa shape index (κ1) is 21.8. The van der Waals surface area contributed by atoms with E-state index in [1.165, 1.54) is 0 Å². The number of hydrogen-bond acceptors (Lipinski definition) is 5. The molecule has 1 aliphatic rings. The van der Waals surface area contributed by atoms with Gasteiger partial charge in [0.15, 0.2) is 5.70 Å². The normalized spacial score (nSPS) is 19.1. The van der Waals surface area contributed by atoms with Crippen molar-refractivity contribution < 1.29 is 14.6 Å². The van der Waals surface area contributed by atoms with Crippen molar-refractivity contribution in [1.29, 1.82) is 0 Å². The molecule has 1 heterocycles. The number of para-hydroxylation sites is 1. The molecule has 3 rings (SSSR count). The van der Waals surface area contributed by atoms with Crippen LogP contribution in [0.2, 0.25) is 0 Å². The minimum absolute atomic E-state index is 0.0651. The maximum atomic E-state index is 13.2. The number of nitrogens with two attached hydrogens (primary N) is 1. The number of aryl methyl sites for hydroxylation is 1. The Morgan fingerprint density at radius 2 is 1.80 bits per heavy atom. The first-order valence-corrected chi connectivity index (χ1v) is 10.7. The number of ether oxygens (including phenoxy) is 1. The van der Waals surface area contributed by atoms with Crippen molar-refractivity contribution in [1.82, 2.24) is 0 Å². The van der Waals surface area contributed by atoms with Crippen LogP contribution < -0.4 is 10.6 Å². The summed E-state index contributed by atoms with van der Waals surface area (Å²) in [6.07, 6.45) is 2.53. The number of aliphatic hydroxyl groups excluding tert-OH is 1. The summed E-state index contributed by atoms with van der Waals surface area (Å²) in [6.45, 7) is 6.75. The molecule has 0 saturated carbocycles. The van der Waals surface area contributed by atoms with Crippen LogP contribution in [0, 0.1) is 5.92 Å². The Labute approximate surface area is 179 Å². The minimum atomic E-state index is -0.735. The lowest BCUT2D eigenvalue weighted by Crippen LogP contribution is -2.47. The van der Waals surface area contributed by atoms with E-state index < -0.39 is 11.6 Å². The molecule has 5 nitrogen and oxygen atoms in total. The predicted molar refractivity (Wildman–Crippen MR) is 121 cm³/mol. The highest BCUT2D eigenvalue weighted by molar-refractivity contribution is 5.94. The van der Waals surface area contributed by atoms with Gasteiger partial charge in [-0.05, 0) is 55.0 Å². The third kappa shape index (κ3) is 4.61. The van der Waals surface area contributed by atoms with Crippen molar-refractivity contribution in [2.45, 2.75) is 52.1 Å². The van der Waals surface area contributed by atoms with Gasteiger partial charge in [-0.3, -0.25) is 0 Å². The molecule has 0 aromatic heterocycles. The lowest BCUT2D eigenvalue weighted by atomic mass is 9.79. The SMILES string of the molecule is CCCN(C1=C(O)CC(CCc2ccc(N)cc2)(C(C)C)OC1=O)c1ccccc1. The minimum Gasteiger partial charge on any atom is -0.510 e. The highest BCUT2D eigenvalue weighted by Gasteiger charge is 2.45. The van der Waals surface area contributed by atoms with E-state index in [9.17, 15) is 9.90 Å². The number of cyclic esters (lactones) is 1. The molecule has 0 saturated heterocycles. The summed E-state index contributed by atoms with van der Waals surface area (Å²) in [6, 6.07) is 17.4. The number of aliphatic hydroxyl groups is 1. The van der Waals surface area contributed by atoms with Gasteiger partial charge in [0.05, 0.1) is 0 Å². The number of esters is 1. The molecule has 0 bridgehead atoms. The van der Waals surface area contributed by atoms with Gasteiger partial charge in [-0.15, -0.1) is 0 Å². The third-order valence-corrected chi connectivity index (χ3v) is 5.88. The second kappa shape index (κ2) is 9.24. The van der Waals surface area contributed by atoms with Gasteiger partial charge in [0.1, 0.15) is 11.4 Å². The second-order valence-electron chi connectivity index (χ2n) is 8.31. The molecule has 1 unspecified atom stereocenters. The van der Waals surface area contributed by atoms with Crippen LogP contribution in [0.1, 0.15) is 45.6 Å². The molecule has 0 amide bonds. The summed E-state index contributed by atoms with van der Waals surface area (Å²) in [5, 5.41) is 11.0. The molecule has 3 N–H and O–H groups in total. The van der Waals surface area contributed by atoms with E-state index in [4.69, 9.17) is 10.5 Å². The summed E-state index contributed by atoms with van der Waals surface area (Å²) in [7, 11) is 0. The summed E-state index contributed by atoms with van der Waals surface area (Å²) >= 11 is 0. The van der Waals surface area contributed by atoms with Gasteiger partial charge in [0.2, 0.25) is 0 Å². The van der Waals surface area contributed by atoms with E-state index in [1.807, 2.05) is 80.3 Å². The Bertz CT molecular complexity index is 890. The number of carbonyl (C=O) groups is 1. The fourth-order valence-electron chi connectivity index (χ4n) is 4.01. The Balaban J connectivity index is 1.88. The number of carbonyl (C=O) groups excluding carboxylic acids is 1. The fraction of sp³-hybridized carbons (Fsp3) is 0.400. The summed E-state index contributed by atoms with van der Waals surface area (Å²) < 4.78 is 6.09. The molecule has 160 valence electrons. The first-order chi connectivity index (χ1) is 14.4. The fourth-order valence-corrected chi connectivity index (χ4v) is 4.01. The van der Waals surface area contributed by atoms with Crippen molar-refractivity contribution in [3.8, 4) is 0 Å². The molecule has 2 aromatic carbocycles. The van der Waals surface area contributed by atoms with E-state index in [0.717, 1.165) is 29.8 Å². The van der Waals surface area contributed by atoms with Crippen LogP contribution in [0.15, 0.2) is 66.1 Å². The molecule has 2 aromatic rings. The van der Waals surface area contributed by atoms with E-state index in [-0.39, 0.29) is 17.4 Å². The molecule has 1 atom stereocenters. The Morgan fingerprint density at radius 3 is 2.37 bits per heavy atom. The Hall–Kier alpha value is -2.95. The van der Waals surface area contributed by atoms with Crippen LogP contribution in [-0.4, -0.2) is 23.2 Å². The number of benzene rings is 2. The number of anilines is 2. The summed E-state index contributed by atoms with van der Waals surface area (Å²) in [5.41, 5.74) is 8.03. The van der Waals surface area contributed by atoms with E-state index in [2.05, 4.69) is 0 Å². The van der Waals surface area contributed by atoms with Crippen molar-refractivity contribution >= 4 is 17.3 Å². The van der Waals surface area contributed by atoms with Gasteiger partial charge < -0.3 is 20.5 Å². The lowest BCUT2D eigenvalue weighted by Gasteiger charge is -2.42. The third-order valence-electron chi connectivity index (χ3n) is 5.88. The first-order valence-electron chi connectivity index (χ1n) is 10.7. The van der Waals surface area contributed by atoms with E-state index in [0.29, 0.717) is 19.4 Å². The van der Waals surface area contributed by atoms with Crippen molar-refractivity contribution in [3.05, 3.63) is 71.6 Å². The maximum Gasteiger partial charge on any atom is 0.359 e. The van der Waals surface area contributed by atoms with E-state index in [1.54, 1.807) is 0 Å².